The first-order valence-corrected chi connectivity index (χ1v) is 6.04. The van der Waals surface area contributed by atoms with Gasteiger partial charge in [-0.05, 0) is 31.1 Å². The zero-order valence-electron chi connectivity index (χ0n) is 6.94. The molecular weight excluding hydrogens is 176 g/mol. The van der Waals surface area contributed by atoms with Gasteiger partial charge in [0.2, 0.25) is 0 Å². The van der Waals surface area contributed by atoms with Crippen LogP contribution in [0.3, 0.4) is 0 Å². The Labute approximate surface area is 72.9 Å². The van der Waals surface area contributed by atoms with Crippen LogP contribution in [-0.4, -0.2) is 18.2 Å². The zero-order valence-corrected chi connectivity index (χ0v) is 7.76. The Kier molecular flexibility index (Phi) is 1.92. The molecule has 0 saturated heterocycles. The van der Waals surface area contributed by atoms with E-state index < -0.39 is 15.4 Å². The molecule has 2 bridgehead atoms. The highest BCUT2D eigenvalue weighted by atomic mass is 32.2. The van der Waals surface area contributed by atoms with Gasteiger partial charge in [0.15, 0.2) is 0 Å². The molecule has 70 valence electrons. The lowest BCUT2D eigenvalue weighted by atomic mass is 9.89. The normalized spacial score (nSPS) is 41.6. The molecular formula is C8H14O3S. The van der Waals surface area contributed by atoms with Crippen molar-refractivity contribution in [3.8, 4) is 0 Å². The van der Waals surface area contributed by atoms with Gasteiger partial charge in [0, 0.05) is 0 Å². The summed E-state index contributed by atoms with van der Waals surface area (Å²) < 4.78 is 30.8. The zero-order chi connectivity index (χ0) is 8.77. The highest BCUT2D eigenvalue weighted by molar-refractivity contribution is 7.86. The maximum absolute atomic E-state index is 10.9. The van der Waals surface area contributed by atoms with E-state index in [1.165, 1.54) is 0 Å². The van der Waals surface area contributed by atoms with Crippen LogP contribution < -0.4 is 0 Å². The Balaban J connectivity index is 2.20. The molecule has 0 spiro atoms. The number of fused-ring (bicyclic) bond motifs is 2. The summed E-state index contributed by atoms with van der Waals surface area (Å²) in [7, 11) is -3.76. The molecule has 0 heterocycles. The highest BCUT2D eigenvalue weighted by Gasteiger charge is 2.43. The van der Waals surface area contributed by atoms with Crippen molar-refractivity contribution in [2.24, 2.45) is 11.8 Å². The fourth-order valence-corrected chi connectivity index (χ4v) is 4.02. The van der Waals surface area contributed by atoms with E-state index in [-0.39, 0.29) is 5.92 Å². The molecule has 0 aromatic carbocycles. The van der Waals surface area contributed by atoms with Crippen LogP contribution in [0.2, 0.25) is 0 Å². The predicted octanol–water partition coefficient (Wildman–Crippen LogP) is 1.45. The Hall–Kier alpha value is -0.0900. The summed E-state index contributed by atoms with van der Waals surface area (Å²) >= 11 is 0. The molecule has 0 amide bonds. The second kappa shape index (κ2) is 2.70. The topological polar surface area (TPSA) is 54.4 Å². The molecule has 0 radical (unpaired) electrons. The van der Waals surface area contributed by atoms with Gasteiger partial charge in [-0.25, -0.2) is 0 Å². The molecule has 4 heteroatoms. The predicted molar refractivity (Wildman–Crippen MR) is 45.4 cm³/mol. The van der Waals surface area contributed by atoms with Gasteiger partial charge in [-0.3, -0.25) is 4.55 Å². The molecule has 2 aliphatic carbocycles. The first kappa shape index (κ1) is 8.51. The van der Waals surface area contributed by atoms with Crippen LogP contribution in [0.1, 0.15) is 32.1 Å². The Bertz CT molecular complexity index is 270. The minimum absolute atomic E-state index is 0.249. The lowest BCUT2D eigenvalue weighted by Gasteiger charge is -2.19. The van der Waals surface area contributed by atoms with E-state index >= 15 is 0 Å². The number of hydrogen-bond acceptors (Lipinski definition) is 2. The molecule has 0 aromatic rings. The molecule has 2 aliphatic rings. The van der Waals surface area contributed by atoms with Gasteiger partial charge in [0.1, 0.15) is 0 Å². The smallest absolute Gasteiger partial charge is 0.268 e. The summed E-state index contributed by atoms with van der Waals surface area (Å²) in [5.74, 6) is 0.814. The Morgan fingerprint density at radius 3 is 2.50 bits per heavy atom. The van der Waals surface area contributed by atoms with E-state index in [9.17, 15) is 8.42 Å². The molecule has 0 aromatic heterocycles. The van der Waals surface area contributed by atoms with Crippen LogP contribution in [0.5, 0.6) is 0 Å². The molecule has 2 rings (SSSR count). The third-order valence-electron chi connectivity index (χ3n) is 3.30. The van der Waals surface area contributed by atoms with Crippen molar-refractivity contribution in [2.75, 3.05) is 0 Å². The van der Waals surface area contributed by atoms with Gasteiger partial charge < -0.3 is 0 Å². The van der Waals surface area contributed by atoms with E-state index in [1.807, 2.05) is 0 Å². The third-order valence-corrected chi connectivity index (χ3v) is 4.64. The van der Waals surface area contributed by atoms with Crippen molar-refractivity contribution in [2.45, 2.75) is 37.4 Å². The molecule has 0 aliphatic heterocycles. The van der Waals surface area contributed by atoms with Crippen molar-refractivity contribution in [3.05, 3.63) is 0 Å². The second-order valence-corrected chi connectivity index (χ2v) is 5.72. The van der Waals surface area contributed by atoms with Crippen molar-refractivity contribution in [3.63, 3.8) is 0 Å². The van der Waals surface area contributed by atoms with Gasteiger partial charge in [0.25, 0.3) is 10.1 Å². The van der Waals surface area contributed by atoms with E-state index in [0.717, 1.165) is 25.7 Å². The Morgan fingerprint density at radius 2 is 1.92 bits per heavy atom. The maximum Gasteiger partial charge on any atom is 0.268 e. The van der Waals surface area contributed by atoms with Crippen molar-refractivity contribution < 1.29 is 13.0 Å². The van der Waals surface area contributed by atoms with Crippen LogP contribution in [0, 0.1) is 11.8 Å². The molecule has 3 atom stereocenters. The van der Waals surface area contributed by atoms with Crippen LogP contribution in [0.25, 0.3) is 0 Å². The second-order valence-electron chi connectivity index (χ2n) is 4.08. The summed E-state index contributed by atoms with van der Waals surface area (Å²) in [5.41, 5.74) is 0. The quantitative estimate of drug-likeness (QED) is 0.637. The largest absolute Gasteiger partial charge is 0.285 e. The van der Waals surface area contributed by atoms with Crippen molar-refractivity contribution in [1.82, 2.24) is 0 Å². The summed E-state index contributed by atoms with van der Waals surface area (Å²) in [4.78, 5) is 0. The third kappa shape index (κ3) is 1.38. The van der Waals surface area contributed by atoms with Gasteiger partial charge in [0.05, 0.1) is 5.25 Å². The fraction of sp³-hybridized carbons (Fsp3) is 1.00. The average molecular weight is 190 g/mol. The van der Waals surface area contributed by atoms with Crippen LogP contribution in [0.15, 0.2) is 0 Å². The van der Waals surface area contributed by atoms with E-state index in [2.05, 4.69) is 0 Å². The van der Waals surface area contributed by atoms with Gasteiger partial charge in [-0.2, -0.15) is 8.42 Å². The minimum atomic E-state index is -3.76. The number of hydrogen-bond donors (Lipinski definition) is 1. The average Bonchev–Trinajstić information content (AvgIpc) is 2.25. The molecule has 3 nitrogen and oxygen atoms in total. The first-order valence-electron chi connectivity index (χ1n) is 4.53. The highest BCUT2D eigenvalue weighted by Crippen LogP contribution is 2.44. The van der Waals surface area contributed by atoms with Crippen LogP contribution >= 0.6 is 0 Å². The lowest BCUT2D eigenvalue weighted by molar-refractivity contribution is 0.355. The minimum Gasteiger partial charge on any atom is -0.285 e. The lowest BCUT2D eigenvalue weighted by Crippen LogP contribution is -2.24. The maximum atomic E-state index is 10.9. The monoisotopic (exact) mass is 190 g/mol. The molecule has 12 heavy (non-hydrogen) atoms. The summed E-state index contributed by atoms with van der Waals surface area (Å²) in [6.45, 7) is 0. The number of rotatable bonds is 1. The van der Waals surface area contributed by atoms with Crippen LogP contribution in [-0.2, 0) is 10.1 Å². The first-order chi connectivity index (χ1) is 5.57. The summed E-state index contributed by atoms with van der Waals surface area (Å²) in [5, 5.41) is -0.440. The van der Waals surface area contributed by atoms with Crippen LogP contribution in [0.4, 0.5) is 0 Å². The van der Waals surface area contributed by atoms with Crippen molar-refractivity contribution >= 4 is 10.1 Å². The van der Waals surface area contributed by atoms with E-state index in [0.29, 0.717) is 12.3 Å². The standard InChI is InChI=1S/C8H14O3S/c9-12(10,11)8-5-6-2-1-3-7(8)4-6/h6-8H,1-5H2,(H,9,10,11). The van der Waals surface area contributed by atoms with Gasteiger partial charge in [-0.1, -0.05) is 12.8 Å². The SMILES string of the molecule is O=S(=O)(O)C1CC2CCCC1C2. The fourth-order valence-electron chi connectivity index (χ4n) is 2.77. The molecule has 1 N–H and O–H groups in total. The van der Waals surface area contributed by atoms with E-state index in [1.54, 1.807) is 0 Å². The summed E-state index contributed by atoms with van der Waals surface area (Å²) in [6, 6.07) is 0. The van der Waals surface area contributed by atoms with Gasteiger partial charge in [-0.15, -0.1) is 0 Å². The molecule has 2 fully saturated rings. The van der Waals surface area contributed by atoms with Crippen molar-refractivity contribution in [1.29, 1.82) is 0 Å². The Morgan fingerprint density at radius 1 is 1.17 bits per heavy atom. The molecule has 2 saturated carbocycles. The van der Waals surface area contributed by atoms with Gasteiger partial charge >= 0.3 is 0 Å². The molecule has 3 unspecified atom stereocenters. The van der Waals surface area contributed by atoms with E-state index in [4.69, 9.17) is 4.55 Å². The summed E-state index contributed by atoms with van der Waals surface area (Å²) in [6.07, 6.45) is 5.00.